The van der Waals surface area contributed by atoms with Gasteiger partial charge in [0.05, 0.1) is 24.5 Å². The number of thiophene rings is 1. The van der Waals surface area contributed by atoms with Gasteiger partial charge in [0, 0.05) is 34.5 Å². The Kier molecular flexibility index (Phi) is 12.7. The Balaban J connectivity index is 1.32. The second-order valence-corrected chi connectivity index (χ2v) is 15.0. The van der Waals surface area contributed by atoms with Gasteiger partial charge in [-0.1, -0.05) is 69.3 Å². The number of amides is 4. The van der Waals surface area contributed by atoms with E-state index in [-0.39, 0.29) is 17.5 Å². The maximum atomic E-state index is 13.7. The van der Waals surface area contributed by atoms with Gasteiger partial charge in [-0.25, -0.2) is 4.79 Å². The van der Waals surface area contributed by atoms with Gasteiger partial charge in [0.1, 0.15) is 10.7 Å². The molecule has 270 valence electrons. The minimum atomic E-state index is -0.533. The molecular formula is C40H42N4O6S2. The topological polar surface area (TPSA) is 134 Å². The van der Waals surface area contributed by atoms with Crippen molar-refractivity contribution in [3.63, 3.8) is 0 Å². The number of carbonyl (C=O) groups excluding carboxylic acids is 5. The van der Waals surface area contributed by atoms with Gasteiger partial charge in [-0.3, -0.25) is 19.2 Å². The van der Waals surface area contributed by atoms with Crippen LogP contribution < -0.4 is 16.0 Å². The molecule has 0 saturated carbocycles. The van der Waals surface area contributed by atoms with Crippen molar-refractivity contribution in [2.75, 3.05) is 24.3 Å². The first-order valence-corrected chi connectivity index (χ1v) is 18.7. The summed E-state index contributed by atoms with van der Waals surface area (Å²) in [6.45, 7) is 8.47. The molecule has 3 N–H and O–H groups in total. The average molecular weight is 739 g/mol. The molecule has 10 nitrogen and oxygen atoms in total. The fourth-order valence-electron chi connectivity index (χ4n) is 5.69. The van der Waals surface area contributed by atoms with Gasteiger partial charge in [-0.05, 0) is 71.9 Å². The molecule has 0 aliphatic carbocycles. The van der Waals surface area contributed by atoms with Gasteiger partial charge in [0.2, 0.25) is 11.8 Å². The lowest BCUT2D eigenvalue weighted by molar-refractivity contribution is -0.129. The highest BCUT2D eigenvalue weighted by Gasteiger charge is 2.31. The lowest BCUT2D eigenvalue weighted by Gasteiger charge is -2.25. The zero-order valence-electron chi connectivity index (χ0n) is 29.8. The molecule has 2 heterocycles. The molecular weight excluding hydrogens is 697 g/mol. The molecule has 1 aliphatic rings. The fourth-order valence-corrected chi connectivity index (χ4v) is 7.96. The van der Waals surface area contributed by atoms with Gasteiger partial charge < -0.3 is 25.6 Å². The number of nitrogens with zero attached hydrogens (tertiary/aromatic N) is 1. The first kappa shape index (κ1) is 38.0. The summed E-state index contributed by atoms with van der Waals surface area (Å²) >= 11 is 2.61. The zero-order chi connectivity index (χ0) is 37.4. The third-order valence-corrected chi connectivity index (χ3v) is 11.1. The molecule has 12 heteroatoms. The van der Waals surface area contributed by atoms with E-state index in [0.717, 1.165) is 26.5 Å². The fraction of sp³-hybridized carbons (Fsp3) is 0.275. The van der Waals surface area contributed by atoms with Gasteiger partial charge >= 0.3 is 5.97 Å². The van der Waals surface area contributed by atoms with Crippen molar-refractivity contribution < 1.29 is 28.7 Å². The van der Waals surface area contributed by atoms with E-state index in [1.54, 1.807) is 53.4 Å². The van der Waals surface area contributed by atoms with Crippen LogP contribution in [0.1, 0.15) is 82.3 Å². The second kappa shape index (κ2) is 17.3. The number of methoxy groups -OCH3 is 1. The van der Waals surface area contributed by atoms with E-state index in [4.69, 9.17) is 4.74 Å². The minimum Gasteiger partial charge on any atom is -0.465 e. The quantitative estimate of drug-likeness (QED) is 0.0780. The lowest BCUT2D eigenvalue weighted by Crippen LogP contribution is -2.34. The first-order valence-electron chi connectivity index (χ1n) is 17.0. The lowest BCUT2D eigenvalue weighted by atomic mass is 10.0. The molecule has 1 aliphatic heterocycles. The highest BCUT2D eigenvalue weighted by atomic mass is 32.2. The van der Waals surface area contributed by atoms with E-state index >= 15 is 0 Å². The van der Waals surface area contributed by atoms with E-state index in [1.165, 1.54) is 37.1 Å². The molecule has 5 rings (SSSR count). The Labute approximate surface area is 312 Å². The monoisotopic (exact) mass is 738 g/mol. The van der Waals surface area contributed by atoms with Crippen molar-refractivity contribution >= 4 is 69.5 Å². The van der Waals surface area contributed by atoms with Crippen LogP contribution >= 0.6 is 23.1 Å². The van der Waals surface area contributed by atoms with E-state index in [9.17, 15) is 24.0 Å². The van der Waals surface area contributed by atoms with E-state index in [0.29, 0.717) is 53.7 Å². The van der Waals surface area contributed by atoms with Crippen LogP contribution in [0.5, 0.6) is 0 Å². The van der Waals surface area contributed by atoms with Crippen LogP contribution in [-0.2, 0) is 32.1 Å². The summed E-state index contributed by atoms with van der Waals surface area (Å²) in [5.41, 5.74) is 4.01. The van der Waals surface area contributed by atoms with E-state index < -0.39 is 23.0 Å². The van der Waals surface area contributed by atoms with E-state index in [2.05, 4.69) is 29.8 Å². The van der Waals surface area contributed by atoms with Crippen molar-refractivity contribution in [3.05, 3.63) is 117 Å². The van der Waals surface area contributed by atoms with Crippen molar-refractivity contribution in [2.45, 2.75) is 63.1 Å². The highest BCUT2D eigenvalue weighted by molar-refractivity contribution is 8.00. The average Bonchev–Trinajstić information content (AvgIpc) is 3.50. The number of rotatable bonds is 12. The number of anilines is 2. The normalized spacial score (nSPS) is 13.2. The molecule has 3 aromatic carbocycles. The van der Waals surface area contributed by atoms with Crippen LogP contribution in [0.3, 0.4) is 0 Å². The number of thioether (sulfide) groups is 1. The summed E-state index contributed by atoms with van der Waals surface area (Å²) in [6, 6.07) is 23.6. The standard InChI is InChI=1S/C40H42N4O6S2/c1-6-33(38(48)43-39-35(40(49)50-5)31-19-20-44(25(4)45)23-34(31)52-39)51-30-14-10-13-29(22-30)41-37(47)32(42-36(46)28-11-8-7-9-12-28)21-26-15-17-27(18-16-26)24(2)3/h7-18,21-22,24,33H,6,19-20,23H2,1-5H3,(H,41,47)(H,42,46)(H,43,48)/b32-21+. The number of fused-ring (bicyclic) bond motifs is 1. The SMILES string of the molecule is CCC(Sc1cccc(NC(=O)/C(=C\c2ccc(C(C)C)cc2)NC(=O)c2ccccc2)c1)C(=O)Nc1sc2c(c1C(=O)OC)CCN(C(C)=O)C2. The molecule has 0 radical (unpaired) electrons. The van der Waals surface area contributed by atoms with Gasteiger partial charge in [0.25, 0.3) is 11.8 Å². The Morgan fingerprint density at radius 2 is 1.69 bits per heavy atom. The summed E-state index contributed by atoms with van der Waals surface area (Å²) < 4.78 is 5.06. The molecule has 0 fully saturated rings. The Morgan fingerprint density at radius 1 is 0.962 bits per heavy atom. The van der Waals surface area contributed by atoms with Crippen LogP contribution in [0, 0.1) is 0 Å². The number of nitrogens with one attached hydrogen (secondary N) is 3. The number of ether oxygens (including phenoxy) is 1. The number of carbonyl (C=O) groups is 5. The van der Waals surface area contributed by atoms with Crippen LogP contribution in [0.25, 0.3) is 6.08 Å². The number of hydrogen-bond acceptors (Lipinski definition) is 8. The Bertz CT molecular complexity index is 1990. The molecule has 1 atom stereocenters. The van der Waals surface area contributed by atoms with Crippen molar-refractivity contribution in [3.8, 4) is 0 Å². The number of esters is 1. The predicted molar refractivity (Wildman–Crippen MR) is 207 cm³/mol. The maximum Gasteiger partial charge on any atom is 0.341 e. The van der Waals surface area contributed by atoms with Gasteiger partial charge in [-0.2, -0.15) is 0 Å². The van der Waals surface area contributed by atoms with Crippen LogP contribution in [-0.4, -0.2) is 53.4 Å². The predicted octanol–water partition coefficient (Wildman–Crippen LogP) is 7.48. The first-order chi connectivity index (χ1) is 25.0. The van der Waals surface area contributed by atoms with Crippen molar-refractivity contribution in [2.24, 2.45) is 0 Å². The summed E-state index contributed by atoms with van der Waals surface area (Å²) in [4.78, 5) is 68.6. The van der Waals surface area contributed by atoms with Crippen LogP contribution in [0.4, 0.5) is 10.7 Å². The zero-order valence-corrected chi connectivity index (χ0v) is 31.4. The summed E-state index contributed by atoms with van der Waals surface area (Å²) in [6.07, 6.45) is 2.62. The highest BCUT2D eigenvalue weighted by Crippen LogP contribution is 2.38. The van der Waals surface area contributed by atoms with Crippen molar-refractivity contribution in [1.82, 2.24) is 10.2 Å². The Hall–Kier alpha value is -5.20. The molecule has 4 aromatic rings. The molecule has 1 aromatic heterocycles. The largest absolute Gasteiger partial charge is 0.465 e. The summed E-state index contributed by atoms with van der Waals surface area (Å²) in [5.74, 6) is -1.45. The molecule has 4 amide bonds. The number of benzene rings is 3. The third kappa shape index (κ3) is 9.36. The van der Waals surface area contributed by atoms with E-state index in [1.807, 2.05) is 43.3 Å². The minimum absolute atomic E-state index is 0.0503. The molecule has 52 heavy (non-hydrogen) atoms. The number of hydrogen-bond donors (Lipinski definition) is 3. The molecule has 0 saturated heterocycles. The maximum absolute atomic E-state index is 13.7. The second-order valence-electron chi connectivity index (χ2n) is 12.6. The van der Waals surface area contributed by atoms with Crippen LogP contribution in [0.2, 0.25) is 0 Å². The smallest absolute Gasteiger partial charge is 0.341 e. The summed E-state index contributed by atoms with van der Waals surface area (Å²) in [5, 5.41) is 8.52. The Morgan fingerprint density at radius 3 is 2.35 bits per heavy atom. The summed E-state index contributed by atoms with van der Waals surface area (Å²) in [7, 11) is 1.30. The van der Waals surface area contributed by atoms with Gasteiger partial charge in [0.15, 0.2) is 0 Å². The van der Waals surface area contributed by atoms with Crippen molar-refractivity contribution in [1.29, 1.82) is 0 Å². The van der Waals surface area contributed by atoms with Gasteiger partial charge in [-0.15, -0.1) is 23.1 Å². The molecule has 0 spiro atoms. The third-order valence-electron chi connectivity index (χ3n) is 8.60. The van der Waals surface area contributed by atoms with Crippen LogP contribution in [0.15, 0.2) is 89.5 Å². The molecule has 0 bridgehead atoms. The molecule has 1 unspecified atom stereocenters.